The van der Waals surface area contributed by atoms with Crippen molar-refractivity contribution < 1.29 is 61.7 Å². The van der Waals surface area contributed by atoms with Gasteiger partial charge in [0, 0.05) is 5.57 Å². The molecule has 0 aliphatic rings. The molecule has 582 valence electrons. The molecule has 0 aliphatic heterocycles. The Balaban J connectivity index is 1.02. The number of ether oxygens (including phenoxy) is 11. The Labute approximate surface area is 643 Å². The van der Waals surface area contributed by atoms with Crippen molar-refractivity contribution in [1.82, 2.24) is 0 Å². The van der Waals surface area contributed by atoms with E-state index in [0.717, 1.165) is 106 Å². The zero-order valence-corrected chi connectivity index (χ0v) is 65.6. The van der Waals surface area contributed by atoms with Gasteiger partial charge in [-0.05, 0) is 125 Å². The maximum absolute atomic E-state index is 14.2. The molecule has 0 amide bonds. The standard InChI is InChI=1S/C94H128O13/c1-6-9-12-15-18-21-24-27-30-33-60-100-87-54-48-83(49-55-87)80-42-36-77(37-43-80)73-105-90-71-86(94(96)104-70-68-99-66-64-97-63-65-98-67-69-103-93(95)76(4)5)72-91(106-74-78-38-44-81(45-39-78)84-50-56-88(57-51-84)101-61-34-31-28-25-22-19-16-13-10-7-2)92(90)107-75-79-40-46-82(47-41-79)85-52-58-89(59-53-85)102-62-35-32-29-26-23-20-17-14-11-8-3/h36-59,71-72H,4,6-35,60-70,73-75H2,1-3,5H3. The highest BCUT2D eigenvalue weighted by atomic mass is 16.6. The largest absolute Gasteiger partial charge is 0.494 e. The molecule has 0 heterocycles. The summed E-state index contributed by atoms with van der Waals surface area (Å²) in [7, 11) is 0. The first-order chi connectivity index (χ1) is 52.7. The minimum Gasteiger partial charge on any atom is -0.494 e. The van der Waals surface area contributed by atoms with Gasteiger partial charge in [-0.25, -0.2) is 9.59 Å². The van der Waals surface area contributed by atoms with Crippen LogP contribution in [0.4, 0.5) is 0 Å². The van der Waals surface area contributed by atoms with Crippen LogP contribution in [0.15, 0.2) is 170 Å². The molecule has 0 aliphatic carbocycles. The highest BCUT2D eigenvalue weighted by Gasteiger charge is 2.22. The van der Waals surface area contributed by atoms with Crippen molar-refractivity contribution in [2.24, 2.45) is 0 Å². The quantitative estimate of drug-likeness (QED) is 0.0203. The third-order valence-corrected chi connectivity index (χ3v) is 19.2. The SMILES string of the molecule is C=C(C)C(=O)OCCOCCOCCOCCOC(=O)c1cc(OCc2ccc(-c3ccc(OCCCCCCCCCCCC)cc3)cc2)c(OCc2ccc(-c3ccc(OCCCCCCCCCCCC)cc3)cc2)c(OCc2ccc(-c3ccc(OCCCCCCCCCCCC)cc3)cc2)c1. The number of carbonyl (C=O) groups excluding carboxylic acids is 2. The summed E-state index contributed by atoms with van der Waals surface area (Å²) < 4.78 is 66.6. The minimum atomic E-state index is -0.583. The Bertz CT molecular complexity index is 3320. The fourth-order valence-corrected chi connectivity index (χ4v) is 12.6. The van der Waals surface area contributed by atoms with Crippen LogP contribution in [0.5, 0.6) is 34.5 Å². The monoisotopic (exact) mass is 1460 g/mol. The molecule has 13 nitrogen and oxygen atoms in total. The van der Waals surface area contributed by atoms with Crippen LogP contribution in [0.25, 0.3) is 33.4 Å². The summed E-state index contributed by atoms with van der Waals surface area (Å²) in [5.74, 6) is 2.58. The van der Waals surface area contributed by atoms with E-state index in [-0.39, 0.29) is 58.4 Å². The molecule has 7 aromatic carbocycles. The maximum atomic E-state index is 14.2. The van der Waals surface area contributed by atoms with E-state index < -0.39 is 11.9 Å². The molecule has 0 saturated heterocycles. The van der Waals surface area contributed by atoms with E-state index >= 15 is 0 Å². The molecule has 0 bridgehead atoms. The van der Waals surface area contributed by atoms with Crippen LogP contribution in [0.1, 0.15) is 247 Å². The van der Waals surface area contributed by atoms with Gasteiger partial charge in [0.05, 0.1) is 65.0 Å². The highest BCUT2D eigenvalue weighted by molar-refractivity contribution is 5.91. The topological polar surface area (TPSA) is 136 Å². The molecule has 0 aromatic heterocycles. The number of esters is 2. The lowest BCUT2D eigenvalue weighted by Crippen LogP contribution is -2.15. The van der Waals surface area contributed by atoms with Gasteiger partial charge in [-0.3, -0.25) is 0 Å². The zero-order valence-electron chi connectivity index (χ0n) is 65.6. The van der Waals surface area contributed by atoms with Crippen molar-refractivity contribution in [2.45, 2.75) is 240 Å². The van der Waals surface area contributed by atoms with Gasteiger partial charge in [0.25, 0.3) is 0 Å². The average molecular weight is 1470 g/mol. The molecule has 0 N–H and O–H groups in total. The van der Waals surface area contributed by atoms with E-state index in [4.69, 9.17) is 52.1 Å². The van der Waals surface area contributed by atoms with Crippen molar-refractivity contribution >= 4 is 11.9 Å². The van der Waals surface area contributed by atoms with E-state index in [9.17, 15) is 9.59 Å². The zero-order chi connectivity index (χ0) is 75.2. The Hall–Kier alpha value is -8.10. The summed E-state index contributed by atoms with van der Waals surface area (Å²) >= 11 is 0. The Morgan fingerprint density at radius 1 is 0.280 bits per heavy atom. The molecule has 13 heteroatoms. The van der Waals surface area contributed by atoms with Crippen LogP contribution in [0.2, 0.25) is 0 Å². The van der Waals surface area contributed by atoms with Gasteiger partial charge < -0.3 is 52.1 Å². The van der Waals surface area contributed by atoms with Crippen LogP contribution in [-0.2, 0) is 48.3 Å². The summed E-state index contributed by atoms with van der Waals surface area (Å²) in [4.78, 5) is 25.8. The molecule has 0 fully saturated rings. The molecule has 0 atom stereocenters. The molecule has 0 spiro atoms. The number of benzene rings is 7. The van der Waals surface area contributed by atoms with Crippen molar-refractivity contribution in [3.63, 3.8) is 0 Å². The summed E-state index contributed by atoms with van der Waals surface area (Å²) in [6.07, 6.45) is 38.8. The third kappa shape index (κ3) is 36.1. The Morgan fingerprint density at radius 3 is 0.822 bits per heavy atom. The van der Waals surface area contributed by atoms with Gasteiger partial charge in [-0.15, -0.1) is 0 Å². The smallest absolute Gasteiger partial charge is 0.338 e. The number of hydrogen-bond donors (Lipinski definition) is 0. The van der Waals surface area contributed by atoms with E-state index in [1.807, 2.05) is 0 Å². The average Bonchev–Trinajstić information content (AvgIpc) is 0.811. The molecular formula is C94H128O13. The highest BCUT2D eigenvalue weighted by Crippen LogP contribution is 2.41. The van der Waals surface area contributed by atoms with Crippen LogP contribution in [-0.4, -0.2) is 84.6 Å². The number of carbonyl (C=O) groups is 2. The van der Waals surface area contributed by atoms with E-state index in [1.165, 1.54) is 173 Å². The number of hydrogen-bond acceptors (Lipinski definition) is 13. The fraction of sp³-hybridized carbons (Fsp3) is 0.511. The van der Waals surface area contributed by atoms with Crippen LogP contribution in [0, 0.1) is 0 Å². The number of unbranched alkanes of at least 4 members (excludes halogenated alkanes) is 27. The second kappa shape index (κ2) is 54.5. The Kier molecular flexibility index (Phi) is 43.9. The van der Waals surface area contributed by atoms with Gasteiger partial charge in [-0.1, -0.05) is 310 Å². The second-order valence-corrected chi connectivity index (χ2v) is 28.3. The maximum Gasteiger partial charge on any atom is 0.338 e. The first-order valence-electron chi connectivity index (χ1n) is 41.0. The predicted octanol–water partition coefficient (Wildman–Crippen LogP) is 24.6. The van der Waals surface area contributed by atoms with E-state index in [0.29, 0.717) is 42.6 Å². The lowest BCUT2D eigenvalue weighted by Gasteiger charge is -2.19. The minimum absolute atomic E-state index is 0.00810. The lowest BCUT2D eigenvalue weighted by atomic mass is 10.0. The van der Waals surface area contributed by atoms with Gasteiger partial charge in [-0.2, -0.15) is 0 Å². The second-order valence-electron chi connectivity index (χ2n) is 28.3. The fourth-order valence-electron chi connectivity index (χ4n) is 12.6. The van der Waals surface area contributed by atoms with Crippen molar-refractivity contribution in [3.05, 3.63) is 192 Å². The third-order valence-electron chi connectivity index (χ3n) is 19.2. The number of rotatable bonds is 62. The van der Waals surface area contributed by atoms with Crippen LogP contribution in [0.3, 0.4) is 0 Å². The Morgan fingerprint density at radius 2 is 0.533 bits per heavy atom. The van der Waals surface area contributed by atoms with E-state index in [1.54, 1.807) is 19.1 Å². The van der Waals surface area contributed by atoms with Gasteiger partial charge >= 0.3 is 11.9 Å². The van der Waals surface area contributed by atoms with Gasteiger partial charge in [0.2, 0.25) is 5.75 Å². The summed E-state index contributed by atoms with van der Waals surface area (Å²) in [5.41, 5.74) is 9.77. The van der Waals surface area contributed by atoms with Gasteiger partial charge in [0.15, 0.2) is 11.5 Å². The first-order valence-corrected chi connectivity index (χ1v) is 41.0. The summed E-state index contributed by atoms with van der Waals surface area (Å²) in [5, 5.41) is 0. The van der Waals surface area contributed by atoms with Crippen LogP contribution < -0.4 is 28.4 Å². The van der Waals surface area contributed by atoms with Gasteiger partial charge in [0.1, 0.15) is 50.3 Å². The summed E-state index contributed by atoms with van der Waals surface area (Å²) in [6.45, 7) is 16.5. The molecule has 107 heavy (non-hydrogen) atoms. The normalized spacial score (nSPS) is 11.2. The molecule has 0 radical (unpaired) electrons. The molecule has 0 saturated carbocycles. The lowest BCUT2D eigenvalue weighted by molar-refractivity contribution is -0.140. The van der Waals surface area contributed by atoms with Crippen molar-refractivity contribution in [1.29, 1.82) is 0 Å². The molecule has 0 unspecified atom stereocenters. The molecule has 7 aromatic rings. The molecule has 7 rings (SSSR count). The van der Waals surface area contributed by atoms with Crippen molar-refractivity contribution in [3.8, 4) is 67.9 Å². The summed E-state index contributed by atoms with van der Waals surface area (Å²) in [6, 6.07) is 53.2. The molecular weight excluding hydrogens is 1340 g/mol. The van der Waals surface area contributed by atoms with E-state index in [2.05, 4.69) is 173 Å². The van der Waals surface area contributed by atoms with Crippen molar-refractivity contribution in [2.75, 3.05) is 72.7 Å². The first kappa shape index (κ1) is 86.1. The van der Waals surface area contributed by atoms with Crippen LogP contribution >= 0.6 is 0 Å². The predicted molar refractivity (Wildman–Crippen MR) is 436 cm³/mol.